The quantitative estimate of drug-likeness (QED) is 0.818. The third-order valence-electron chi connectivity index (χ3n) is 6.67. The van der Waals surface area contributed by atoms with Crippen molar-refractivity contribution in [1.82, 2.24) is 9.80 Å². The van der Waals surface area contributed by atoms with Crippen LogP contribution in [0, 0.1) is 11.8 Å². The summed E-state index contributed by atoms with van der Waals surface area (Å²) >= 11 is 0. The Labute approximate surface area is 161 Å². The Morgan fingerprint density at radius 2 is 2.07 bits per heavy atom. The molecule has 5 heteroatoms. The van der Waals surface area contributed by atoms with Crippen LogP contribution in [0.1, 0.15) is 54.9 Å². The number of carbonyl (C=O) groups excluding carboxylic acids is 2. The Balaban J connectivity index is 1.39. The maximum absolute atomic E-state index is 13.0. The van der Waals surface area contributed by atoms with Gasteiger partial charge >= 0.3 is 0 Å². The first kappa shape index (κ1) is 18.3. The lowest BCUT2D eigenvalue weighted by molar-refractivity contribution is -0.131. The van der Waals surface area contributed by atoms with Gasteiger partial charge in [0.25, 0.3) is 5.91 Å². The Bertz CT molecular complexity index is 732. The molecule has 27 heavy (non-hydrogen) atoms. The number of likely N-dealkylation sites (tertiary alicyclic amines) is 1. The zero-order chi connectivity index (χ0) is 19.0. The molecule has 1 saturated carbocycles. The molecule has 2 aliphatic heterocycles. The van der Waals surface area contributed by atoms with Gasteiger partial charge in [-0.25, -0.2) is 0 Å². The van der Waals surface area contributed by atoms with E-state index in [1.807, 2.05) is 35.0 Å². The second-order valence-corrected chi connectivity index (χ2v) is 8.36. The topological polar surface area (TPSA) is 49.9 Å². The third-order valence-corrected chi connectivity index (χ3v) is 6.67. The first-order valence-corrected chi connectivity index (χ1v) is 10.4. The largest absolute Gasteiger partial charge is 0.493 e. The van der Waals surface area contributed by atoms with Crippen molar-refractivity contribution in [2.45, 2.75) is 51.5 Å². The number of carbonyl (C=O) groups is 2. The van der Waals surface area contributed by atoms with Crippen molar-refractivity contribution in [2.75, 3.05) is 26.7 Å². The van der Waals surface area contributed by atoms with Crippen molar-refractivity contribution >= 4 is 11.8 Å². The normalized spacial score (nSPS) is 26.3. The molecule has 2 amide bonds. The molecule has 1 aromatic carbocycles. The molecule has 0 aromatic heterocycles. The molecular weight excluding hydrogens is 340 g/mol. The number of amides is 2. The van der Waals surface area contributed by atoms with Crippen molar-refractivity contribution in [3.63, 3.8) is 0 Å². The molecule has 0 N–H and O–H groups in total. The minimum atomic E-state index is 0.141. The highest BCUT2D eigenvalue weighted by atomic mass is 16.5. The molecule has 146 valence electrons. The van der Waals surface area contributed by atoms with Gasteiger partial charge in [-0.3, -0.25) is 9.59 Å². The van der Waals surface area contributed by atoms with E-state index in [1.165, 1.54) is 0 Å². The van der Waals surface area contributed by atoms with Crippen LogP contribution < -0.4 is 4.74 Å². The minimum absolute atomic E-state index is 0.141. The summed E-state index contributed by atoms with van der Waals surface area (Å²) in [7, 11) is 1.95. The van der Waals surface area contributed by atoms with E-state index in [0.29, 0.717) is 30.9 Å². The average Bonchev–Trinajstić information content (AvgIpc) is 3.32. The zero-order valence-electron chi connectivity index (χ0n) is 16.4. The molecule has 5 nitrogen and oxygen atoms in total. The lowest BCUT2D eigenvalue weighted by atomic mass is 9.88. The fraction of sp³-hybridized carbons (Fsp3) is 0.636. The van der Waals surface area contributed by atoms with E-state index < -0.39 is 0 Å². The maximum Gasteiger partial charge on any atom is 0.253 e. The van der Waals surface area contributed by atoms with Gasteiger partial charge in [0.05, 0.1) is 6.61 Å². The Hall–Kier alpha value is -2.04. The molecule has 0 bridgehead atoms. The van der Waals surface area contributed by atoms with E-state index in [4.69, 9.17) is 4.74 Å². The molecule has 0 radical (unpaired) electrons. The van der Waals surface area contributed by atoms with E-state index in [0.717, 1.165) is 62.1 Å². The lowest BCUT2D eigenvalue weighted by Gasteiger charge is -2.35. The first-order chi connectivity index (χ1) is 13.1. The number of benzene rings is 1. The van der Waals surface area contributed by atoms with Gasteiger partial charge in [-0.15, -0.1) is 0 Å². The SMILES string of the molecule is CCCC(=O)N(C)[C@H]1C[C@H]2CCN(C(=O)c3ccc4c(c3)CCO4)C[C@H]2C1. The van der Waals surface area contributed by atoms with E-state index in [9.17, 15) is 9.59 Å². The van der Waals surface area contributed by atoms with Gasteiger partial charge in [-0.05, 0) is 61.3 Å². The molecule has 4 rings (SSSR count). The highest BCUT2D eigenvalue weighted by Crippen LogP contribution is 2.40. The summed E-state index contributed by atoms with van der Waals surface area (Å²) in [5.41, 5.74) is 1.93. The summed E-state index contributed by atoms with van der Waals surface area (Å²) in [5.74, 6) is 2.48. The van der Waals surface area contributed by atoms with E-state index >= 15 is 0 Å². The van der Waals surface area contributed by atoms with Crippen LogP contribution in [-0.2, 0) is 11.2 Å². The van der Waals surface area contributed by atoms with Crippen molar-refractivity contribution in [2.24, 2.45) is 11.8 Å². The van der Waals surface area contributed by atoms with Crippen LogP contribution in [0.3, 0.4) is 0 Å². The summed E-state index contributed by atoms with van der Waals surface area (Å²) in [6.45, 7) is 4.41. The summed E-state index contributed by atoms with van der Waals surface area (Å²) in [4.78, 5) is 29.2. The maximum atomic E-state index is 13.0. The summed E-state index contributed by atoms with van der Waals surface area (Å²) in [6.07, 6.45) is 5.59. The zero-order valence-corrected chi connectivity index (χ0v) is 16.4. The number of ether oxygens (including phenoxy) is 1. The van der Waals surface area contributed by atoms with E-state index in [-0.39, 0.29) is 11.8 Å². The number of piperidine rings is 1. The van der Waals surface area contributed by atoms with Crippen LogP contribution in [0.5, 0.6) is 5.75 Å². The van der Waals surface area contributed by atoms with Gasteiger partial charge in [0.1, 0.15) is 5.75 Å². The second kappa shape index (κ2) is 7.53. The van der Waals surface area contributed by atoms with Gasteiger partial charge in [-0.1, -0.05) is 6.92 Å². The highest BCUT2D eigenvalue weighted by Gasteiger charge is 2.41. The summed E-state index contributed by atoms with van der Waals surface area (Å²) in [5, 5.41) is 0. The van der Waals surface area contributed by atoms with Crippen molar-refractivity contribution < 1.29 is 14.3 Å². The smallest absolute Gasteiger partial charge is 0.253 e. The summed E-state index contributed by atoms with van der Waals surface area (Å²) < 4.78 is 5.55. The number of fused-ring (bicyclic) bond motifs is 2. The van der Waals surface area contributed by atoms with Gasteiger partial charge in [0.2, 0.25) is 5.91 Å². The molecule has 0 unspecified atom stereocenters. The molecule has 0 spiro atoms. The molecular formula is C22H30N2O3. The molecule has 1 aliphatic carbocycles. The Morgan fingerprint density at radius 1 is 1.26 bits per heavy atom. The van der Waals surface area contributed by atoms with Gasteiger partial charge in [0.15, 0.2) is 0 Å². The fourth-order valence-electron chi connectivity index (χ4n) is 5.05. The average molecular weight is 370 g/mol. The van der Waals surface area contributed by atoms with Gasteiger partial charge in [-0.2, -0.15) is 0 Å². The van der Waals surface area contributed by atoms with Gasteiger partial charge in [0, 0.05) is 44.6 Å². The monoisotopic (exact) mass is 370 g/mol. The molecule has 3 atom stereocenters. The van der Waals surface area contributed by atoms with E-state index in [1.54, 1.807) is 0 Å². The first-order valence-electron chi connectivity index (χ1n) is 10.4. The van der Waals surface area contributed by atoms with Gasteiger partial charge < -0.3 is 14.5 Å². The van der Waals surface area contributed by atoms with Crippen LogP contribution >= 0.6 is 0 Å². The highest BCUT2D eigenvalue weighted by molar-refractivity contribution is 5.94. The fourth-order valence-corrected chi connectivity index (χ4v) is 5.05. The molecule has 3 aliphatic rings. The van der Waals surface area contributed by atoms with Crippen molar-refractivity contribution in [1.29, 1.82) is 0 Å². The number of nitrogens with zero attached hydrogens (tertiary/aromatic N) is 2. The van der Waals surface area contributed by atoms with Crippen LogP contribution in [0.2, 0.25) is 0 Å². The molecule has 1 aromatic rings. The molecule has 2 heterocycles. The third kappa shape index (κ3) is 3.56. The predicted octanol–water partition coefficient (Wildman–Crippen LogP) is 3.12. The van der Waals surface area contributed by atoms with Crippen LogP contribution in [0.15, 0.2) is 18.2 Å². The molecule has 2 fully saturated rings. The second-order valence-electron chi connectivity index (χ2n) is 8.36. The Kier molecular flexibility index (Phi) is 5.11. The van der Waals surface area contributed by atoms with Crippen LogP contribution in [-0.4, -0.2) is 54.4 Å². The number of hydrogen-bond acceptors (Lipinski definition) is 3. The Morgan fingerprint density at radius 3 is 2.89 bits per heavy atom. The van der Waals surface area contributed by atoms with Crippen LogP contribution in [0.25, 0.3) is 0 Å². The van der Waals surface area contributed by atoms with Crippen molar-refractivity contribution in [3.8, 4) is 5.75 Å². The van der Waals surface area contributed by atoms with Crippen LogP contribution in [0.4, 0.5) is 0 Å². The number of rotatable bonds is 4. The minimum Gasteiger partial charge on any atom is -0.493 e. The molecule has 1 saturated heterocycles. The van der Waals surface area contributed by atoms with E-state index in [2.05, 4.69) is 6.92 Å². The van der Waals surface area contributed by atoms with Crippen molar-refractivity contribution in [3.05, 3.63) is 29.3 Å². The number of hydrogen-bond donors (Lipinski definition) is 0. The predicted molar refractivity (Wildman–Crippen MR) is 104 cm³/mol. The summed E-state index contributed by atoms with van der Waals surface area (Å²) in [6, 6.07) is 6.17. The lowest BCUT2D eigenvalue weighted by Crippen LogP contribution is -2.42. The standard InChI is InChI=1S/C22H30N2O3/c1-3-4-21(25)23(2)19-12-15-7-9-24(14-18(15)13-19)22(26)17-5-6-20-16(11-17)8-10-27-20/h5-6,11,15,18-19H,3-4,7-10,12-14H2,1-2H3/t15-,18-,19+/m1/s1.